The molecule has 0 atom stereocenters. The van der Waals surface area contributed by atoms with Crippen LogP contribution in [-0.4, -0.2) is 78.0 Å². The van der Waals surface area contributed by atoms with Gasteiger partial charge in [-0.25, -0.2) is 14.9 Å². The van der Waals surface area contributed by atoms with Crippen molar-refractivity contribution in [2.24, 2.45) is 4.99 Å². The summed E-state index contributed by atoms with van der Waals surface area (Å²) in [4.78, 5) is 40.5. The van der Waals surface area contributed by atoms with Crippen molar-refractivity contribution in [2.75, 3.05) is 40.4 Å². The number of nitrogens with one attached hydrogen (secondary N) is 1. The Hall–Kier alpha value is -4.47. The van der Waals surface area contributed by atoms with Crippen LogP contribution in [0.5, 0.6) is 5.88 Å². The fourth-order valence-corrected chi connectivity index (χ4v) is 4.39. The van der Waals surface area contributed by atoms with Gasteiger partial charge in [0.1, 0.15) is 0 Å². The monoisotopic (exact) mass is 512 g/mol. The van der Waals surface area contributed by atoms with E-state index in [1.165, 1.54) is 12.2 Å². The van der Waals surface area contributed by atoms with E-state index < -0.39 is 5.97 Å². The van der Waals surface area contributed by atoms with Gasteiger partial charge in [0.2, 0.25) is 0 Å². The average Bonchev–Trinajstić information content (AvgIpc) is 3.11. The van der Waals surface area contributed by atoms with Crippen molar-refractivity contribution in [3.8, 4) is 5.88 Å². The van der Waals surface area contributed by atoms with Gasteiger partial charge in [-0.05, 0) is 43.4 Å². The van der Waals surface area contributed by atoms with E-state index in [4.69, 9.17) is 14.6 Å². The normalized spacial score (nSPS) is 14.9. The lowest BCUT2D eigenvalue weighted by Gasteiger charge is -2.19. The number of likely N-dealkylation sites (N-methyl/N-ethyl adjacent to an activating group) is 1. The van der Waals surface area contributed by atoms with Crippen LogP contribution in [-0.2, 0) is 9.57 Å². The topological polar surface area (TPSA) is 107 Å². The van der Waals surface area contributed by atoms with Crippen molar-refractivity contribution in [3.63, 3.8) is 0 Å². The van der Waals surface area contributed by atoms with E-state index in [2.05, 4.69) is 9.88 Å². The van der Waals surface area contributed by atoms with E-state index in [1.54, 1.807) is 42.5 Å². The van der Waals surface area contributed by atoms with Crippen molar-refractivity contribution in [1.82, 2.24) is 14.9 Å². The van der Waals surface area contributed by atoms with Gasteiger partial charge in [0.05, 0.1) is 42.8 Å². The van der Waals surface area contributed by atoms with Crippen LogP contribution in [0.4, 0.5) is 5.69 Å². The van der Waals surface area contributed by atoms with Crippen molar-refractivity contribution in [2.45, 2.75) is 0 Å². The van der Waals surface area contributed by atoms with Crippen LogP contribution in [0, 0.1) is 0 Å². The quantitative estimate of drug-likeness (QED) is 0.307. The highest BCUT2D eigenvalue weighted by molar-refractivity contribution is 6.22. The number of H-pyrrole nitrogens is 1. The molecule has 1 amide bonds. The summed E-state index contributed by atoms with van der Waals surface area (Å²) in [5.74, 6) is -0.735. The van der Waals surface area contributed by atoms with Crippen molar-refractivity contribution < 1.29 is 24.3 Å². The first kappa shape index (κ1) is 25.2. The maximum Gasteiger partial charge on any atom is 0.337 e. The van der Waals surface area contributed by atoms with Gasteiger partial charge < -0.3 is 19.7 Å². The predicted molar refractivity (Wildman–Crippen MR) is 144 cm³/mol. The number of carbonyl (C=O) groups excluding carboxylic acids is 2. The van der Waals surface area contributed by atoms with Gasteiger partial charge in [-0.2, -0.15) is 0 Å². The van der Waals surface area contributed by atoms with Crippen LogP contribution < -0.4 is 0 Å². The molecule has 4 aromatic rings. The number of carbonyl (C=O) groups is 2. The predicted octanol–water partition coefficient (Wildman–Crippen LogP) is 4.15. The number of aromatic hydroxyl groups is 1. The van der Waals surface area contributed by atoms with E-state index in [-0.39, 0.29) is 11.8 Å². The summed E-state index contributed by atoms with van der Waals surface area (Å²) in [5.41, 5.74) is 3.89. The molecule has 9 heteroatoms. The number of aliphatic imine (C=N–C) groups is 1. The molecule has 5 rings (SSSR count). The number of nitrogens with zero attached hydrogens (tertiary/aromatic N) is 3. The lowest BCUT2D eigenvalue weighted by atomic mass is 10.00. The summed E-state index contributed by atoms with van der Waals surface area (Å²) in [6, 6.07) is 21.5. The minimum atomic E-state index is -0.466. The first-order valence-corrected chi connectivity index (χ1v) is 12.3. The third-order valence-corrected chi connectivity index (χ3v) is 6.47. The standard InChI is InChI=1S/C29H28N4O5/c1-32-14-15-33(38-17-16-32)28(35)20-8-11-22(12-9-20)30-26(19-6-4-3-5-7-19)25-23-13-10-21(29(36)37-2)18-24(23)31-27(25)34/h3-13,18,31,34H,14-17H2,1-2H3. The zero-order valence-electron chi connectivity index (χ0n) is 21.2. The SMILES string of the molecule is COC(=O)c1ccc2c(C(=Nc3ccc(C(=O)N4CCN(C)CCO4)cc3)c3ccccc3)c(O)[nH]c2c1. The van der Waals surface area contributed by atoms with Gasteiger partial charge in [-0.3, -0.25) is 9.63 Å². The highest BCUT2D eigenvalue weighted by atomic mass is 16.7. The van der Waals surface area contributed by atoms with E-state index in [9.17, 15) is 14.7 Å². The number of amides is 1. The number of benzene rings is 3. The Balaban J connectivity index is 1.52. The van der Waals surface area contributed by atoms with E-state index in [0.717, 1.165) is 18.7 Å². The van der Waals surface area contributed by atoms with Crippen molar-refractivity contribution in [1.29, 1.82) is 0 Å². The maximum absolute atomic E-state index is 13.0. The van der Waals surface area contributed by atoms with Crippen molar-refractivity contribution >= 4 is 34.2 Å². The van der Waals surface area contributed by atoms with Gasteiger partial charge in [0.15, 0.2) is 5.88 Å². The number of rotatable bonds is 5. The summed E-state index contributed by atoms with van der Waals surface area (Å²) in [5, 5.41) is 13.0. The molecular weight excluding hydrogens is 484 g/mol. The summed E-state index contributed by atoms with van der Waals surface area (Å²) in [7, 11) is 3.32. The molecule has 0 bridgehead atoms. The van der Waals surface area contributed by atoms with Gasteiger partial charge in [-0.15, -0.1) is 0 Å². The van der Waals surface area contributed by atoms with Crippen LogP contribution in [0.25, 0.3) is 10.9 Å². The second kappa shape index (κ2) is 10.9. The summed E-state index contributed by atoms with van der Waals surface area (Å²) in [6.07, 6.45) is 0. The molecule has 2 heterocycles. The van der Waals surface area contributed by atoms with Crippen LogP contribution >= 0.6 is 0 Å². The molecule has 0 saturated carbocycles. The summed E-state index contributed by atoms with van der Waals surface area (Å²) in [6.45, 7) is 2.46. The first-order chi connectivity index (χ1) is 18.4. The number of aromatic amines is 1. The second-order valence-corrected chi connectivity index (χ2v) is 9.02. The number of aromatic nitrogens is 1. The summed E-state index contributed by atoms with van der Waals surface area (Å²) < 4.78 is 4.82. The smallest absolute Gasteiger partial charge is 0.337 e. The fraction of sp³-hybridized carbons (Fsp3) is 0.207. The molecule has 1 aliphatic rings. The first-order valence-electron chi connectivity index (χ1n) is 12.3. The molecule has 0 unspecified atom stereocenters. The van der Waals surface area contributed by atoms with E-state index in [1.807, 2.05) is 37.4 Å². The number of hydrogen-bond acceptors (Lipinski definition) is 7. The zero-order valence-corrected chi connectivity index (χ0v) is 21.2. The number of fused-ring (bicyclic) bond motifs is 1. The molecule has 1 saturated heterocycles. The van der Waals surface area contributed by atoms with Crippen LogP contribution in [0.15, 0.2) is 77.8 Å². The Bertz CT molecular complexity index is 1490. The number of ether oxygens (including phenoxy) is 1. The number of hydroxylamine groups is 2. The lowest BCUT2D eigenvalue weighted by molar-refractivity contribution is -0.112. The number of hydrogen-bond donors (Lipinski definition) is 2. The van der Waals surface area contributed by atoms with Crippen molar-refractivity contribution in [3.05, 3.63) is 95.1 Å². The Morgan fingerprint density at radius 1 is 0.947 bits per heavy atom. The largest absolute Gasteiger partial charge is 0.494 e. The van der Waals surface area contributed by atoms with Crippen LogP contribution in [0.3, 0.4) is 0 Å². The van der Waals surface area contributed by atoms with E-state index in [0.29, 0.717) is 52.1 Å². The Labute approximate surface area is 219 Å². The molecular formula is C29H28N4O5. The Kier molecular flexibility index (Phi) is 7.21. The molecule has 1 fully saturated rings. The second-order valence-electron chi connectivity index (χ2n) is 9.02. The van der Waals surface area contributed by atoms with Crippen LogP contribution in [0.2, 0.25) is 0 Å². The fourth-order valence-electron chi connectivity index (χ4n) is 4.39. The summed E-state index contributed by atoms with van der Waals surface area (Å²) >= 11 is 0. The van der Waals surface area contributed by atoms with Gasteiger partial charge in [0.25, 0.3) is 5.91 Å². The Morgan fingerprint density at radius 2 is 1.68 bits per heavy atom. The van der Waals surface area contributed by atoms with E-state index >= 15 is 0 Å². The molecule has 0 spiro atoms. The Morgan fingerprint density at radius 3 is 2.42 bits per heavy atom. The molecule has 0 aliphatic carbocycles. The highest BCUT2D eigenvalue weighted by Gasteiger charge is 2.22. The third kappa shape index (κ3) is 5.15. The molecule has 1 aliphatic heterocycles. The molecule has 194 valence electrons. The molecule has 0 radical (unpaired) electrons. The molecule has 3 aromatic carbocycles. The minimum Gasteiger partial charge on any atom is -0.494 e. The van der Waals surface area contributed by atoms with Crippen LogP contribution in [0.1, 0.15) is 31.8 Å². The third-order valence-electron chi connectivity index (χ3n) is 6.47. The molecule has 38 heavy (non-hydrogen) atoms. The lowest BCUT2D eigenvalue weighted by Crippen LogP contribution is -2.33. The zero-order chi connectivity index (χ0) is 26.6. The number of methoxy groups -OCH3 is 1. The van der Waals surface area contributed by atoms with Gasteiger partial charge in [0, 0.05) is 35.1 Å². The molecule has 1 aromatic heterocycles. The van der Waals surface area contributed by atoms with Gasteiger partial charge >= 0.3 is 5.97 Å². The molecule has 9 nitrogen and oxygen atoms in total. The molecule has 2 N–H and O–H groups in total. The highest BCUT2D eigenvalue weighted by Crippen LogP contribution is 2.32. The van der Waals surface area contributed by atoms with Gasteiger partial charge in [-0.1, -0.05) is 36.4 Å². The number of esters is 1. The minimum absolute atomic E-state index is 0.0697. The maximum atomic E-state index is 13.0. The average molecular weight is 513 g/mol.